The molecule has 3 aromatic carbocycles. The first-order valence-electron chi connectivity index (χ1n) is 9.10. The van der Waals surface area contributed by atoms with Gasteiger partial charge in [0.1, 0.15) is 5.75 Å². The minimum absolute atomic E-state index is 0.170. The number of benzene rings is 3. The van der Waals surface area contributed by atoms with Crippen molar-refractivity contribution < 1.29 is 19.4 Å². The van der Waals surface area contributed by atoms with Crippen LogP contribution in [-0.4, -0.2) is 22.0 Å². The fraction of sp³-hybridized carbons (Fsp3) is 0.0909. The highest BCUT2D eigenvalue weighted by atomic mass is 16.6. The van der Waals surface area contributed by atoms with Gasteiger partial charge in [-0.1, -0.05) is 29.8 Å². The van der Waals surface area contributed by atoms with Crippen molar-refractivity contribution >= 4 is 29.2 Å². The number of hydrogen-bond donors (Lipinski definition) is 0. The van der Waals surface area contributed by atoms with Crippen molar-refractivity contribution in [2.45, 2.75) is 13.8 Å². The van der Waals surface area contributed by atoms with Crippen molar-refractivity contribution in [1.29, 1.82) is 0 Å². The number of carbonyl (C=O) groups is 1. The topological polar surface area (TPSA) is 125 Å². The fourth-order valence-electron chi connectivity index (χ4n) is 2.84. The average Bonchev–Trinajstić information content (AvgIpc) is 2.73. The van der Waals surface area contributed by atoms with E-state index in [-0.39, 0.29) is 11.3 Å². The Bertz CT molecular complexity index is 1190. The summed E-state index contributed by atoms with van der Waals surface area (Å²) < 4.78 is 5.26. The van der Waals surface area contributed by atoms with Gasteiger partial charge in [-0.05, 0) is 43.2 Å². The first-order chi connectivity index (χ1) is 14.7. The minimum Gasteiger partial charge on any atom is -0.423 e. The maximum Gasteiger partial charge on any atom is 0.344 e. The van der Waals surface area contributed by atoms with E-state index in [9.17, 15) is 25.0 Å². The Morgan fingerprint density at radius 3 is 2.23 bits per heavy atom. The molecule has 0 saturated carbocycles. The summed E-state index contributed by atoms with van der Waals surface area (Å²) in [5.74, 6) is -0.779. The van der Waals surface area contributed by atoms with Crippen LogP contribution in [0.3, 0.4) is 0 Å². The van der Waals surface area contributed by atoms with Crippen molar-refractivity contribution in [3.05, 3.63) is 103 Å². The van der Waals surface area contributed by atoms with Crippen molar-refractivity contribution in [1.82, 2.24) is 0 Å². The second kappa shape index (κ2) is 8.95. The summed E-state index contributed by atoms with van der Waals surface area (Å²) in [6.07, 6.45) is 1.62. The minimum atomic E-state index is -0.949. The molecule has 0 spiro atoms. The molecule has 0 saturated heterocycles. The second-order valence-corrected chi connectivity index (χ2v) is 6.76. The number of esters is 1. The molecule has 0 unspecified atom stereocenters. The second-order valence-electron chi connectivity index (χ2n) is 6.76. The Balaban J connectivity index is 1.82. The summed E-state index contributed by atoms with van der Waals surface area (Å²) in [5, 5.41) is 22.0. The van der Waals surface area contributed by atoms with Gasteiger partial charge in [0.05, 0.1) is 27.2 Å². The van der Waals surface area contributed by atoms with Crippen LogP contribution in [0, 0.1) is 34.1 Å². The van der Waals surface area contributed by atoms with Gasteiger partial charge in [-0.3, -0.25) is 25.2 Å². The molecule has 3 aromatic rings. The summed E-state index contributed by atoms with van der Waals surface area (Å²) in [4.78, 5) is 37.3. The molecular formula is C22H17N3O6. The number of aryl methyl sites for hydroxylation is 2. The molecule has 0 aliphatic carbocycles. The zero-order chi connectivity index (χ0) is 22.5. The predicted octanol–water partition coefficient (Wildman–Crippen LogP) is 5.09. The van der Waals surface area contributed by atoms with Crippen LogP contribution in [0.4, 0.5) is 17.1 Å². The average molecular weight is 419 g/mol. The number of nitro benzene ring substituents is 2. The third kappa shape index (κ3) is 5.36. The Hall–Kier alpha value is -4.40. The van der Waals surface area contributed by atoms with Gasteiger partial charge in [-0.2, -0.15) is 0 Å². The van der Waals surface area contributed by atoms with Crippen molar-refractivity contribution in [3.8, 4) is 5.75 Å². The van der Waals surface area contributed by atoms with E-state index in [1.54, 1.807) is 24.4 Å². The number of rotatable bonds is 6. The summed E-state index contributed by atoms with van der Waals surface area (Å²) in [7, 11) is 0. The standard InChI is InChI=1S/C22H17N3O6/c1-14-6-7-21(15(2)8-14)23-13-16-4-3-5-20(9-16)31-22(26)17-10-18(24(27)28)12-19(11-17)25(29)30/h3-13H,1-2H3. The van der Waals surface area contributed by atoms with E-state index < -0.39 is 27.2 Å². The Labute approximate surface area is 176 Å². The molecule has 31 heavy (non-hydrogen) atoms. The van der Waals surface area contributed by atoms with Crippen LogP contribution in [0.1, 0.15) is 27.0 Å². The quantitative estimate of drug-likeness (QED) is 0.180. The van der Waals surface area contributed by atoms with E-state index in [1.807, 2.05) is 32.0 Å². The molecule has 9 nitrogen and oxygen atoms in total. The highest BCUT2D eigenvalue weighted by Gasteiger charge is 2.21. The van der Waals surface area contributed by atoms with Gasteiger partial charge in [-0.25, -0.2) is 4.79 Å². The molecule has 0 aliphatic heterocycles. The molecule has 0 radical (unpaired) electrons. The Kier molecular flexibility index (Phi) is 6.15. The highest BCUT2D eigenvalue weighted by molar-refractivity contribution is 5.93. The summed E-state index contributed by atoms with van der Waals surface area (Å²) in [6.45, 7) is 3.95. The third-order valence-electron chi connectivity index (χ3n) is 4.33. The first-order valence-corrected chi connectivity index (χ1v) is 9.10. The van der Waals surface area contributed by atoms with Gasteiger partial charge in [0.2, 0.25) is 0 Å². The van der Waals surface area contributed by atoms with E-state index in [1.165, 1.54) is 6.07 Å². The summed E-state index contributed by atoms with van der Waals surface area (Å²) in [6, 6.07) is 15.0. The molecule has 0 bridgehead atoms. The van der Waals surface area contributed by atoms with Gasteiger partial charge >= 0.3 is 5.97 Å². The lowest BCUT2D eigenvalue weighted by Crippen LogP contribution is -2.10. The Morgan fingerprint density at radius 2 is 1.61 bits per heavy atom. The van der Waals surface area contributed by atoms with E-state index in [4.69, 9.17) is 4.74 Å². The maximum atomic E-state index is 12.4. The molecule has 0 heterocycles. The van der Waals surface area contributed by atoms with Crippen LogP contribution in [0.2, 0.25) is 0 Å². The van der Waals surface area contributed by atoms with Gasteiger partial charge in [0, 0.05) is 18.3 Å². The van der Waals surface area contributed by atoms with E-state index >= 15 is 0 Å². The largest absolute Gasteiger partial charge is 0.423 e. The fourth-order valence-corrected chi connectivity index (χ4v) is 2.84. The third-order valence-corrected chi connectivity index (χ3v) is 4.33. The molecule has 0 aromatic heterocycles. The SMILES string of the molecule is Cc1ccc(N=Cc2cccc(OC(=O)c3cc([N+](=O)[O-])cc([N+](=O)[O-])c3)c2)c(C)c1. The smallest absolute Gasteiger partial charge is 0.344 e. The summed E-state index contributed by atoms with van der Waals surface area (Å²) >= 11 is 0. The van der Waals surface area contributed by atoms with Crippen LogP contribution in [0.15, 0.2) is 65.7 Å². The molecule has 0 N–H and O–H groups in total. The van der Waals surface area contributed by atoms with Crippen LogP contribution in [0.5, 0.6) is 5.75 Å². The van der Waals surface area contributed by atoms with Gasteiger partial charge in [0.25, 0.3) is 11.4 Å². The molecule has 3 rings (SSSR count). The van der Waals surface area contributed by atoms with Crippen molar-refractivity contribution in [2.24, 2.45) is 4.99 Å². The van der Waals surface area contributed by atoms with E-state index in [0.717, 1.165) is 35.0 Å². The molecule has 9 heteroatoms. The summed E-state index contributed by atoms with van der Waals surface area (Å²) in [5.41, 5.74) is 2.17. The van der Waals surface area contributed by atoms with Gasteiger partial charge in [-0.15, -0.1) is 0 Å². The van der Waals surface area contributed by atoms with E-state index in [0.29, 0.717) is 5.56 Å². The molecule has 0 amide bonds. The van der Waals surface area contributed by atoms with Crippen molar-refractivity contribution in [3.63, 3.8) is 0 Å². The monoisotopic (exact) mass is 419 g/mol. The lowest BCUT2D eigenvalue weighted by molar-refractivity contribution is -0.394. The van der Waals surface area contributed by atoms with Crippen LogP contribution >= 0.6 is 0 Å². The van der Waals surface area contributed by atoms with Crippen LogP contribution in [-0.2, 0) is 0 Å². The van der Waals surface area contributed by atoms with E-state index in [2.05, 4.69) is 4.99 Å². The number of hydrogen-bond acceptors (Lipinski definition) is 7. The van der Waals surface area contributed by atoms with Crippen LogP contribution < -0.4 is 4.74 Å². The Morgan fingerprint density at radius 1 is 0.935 bits per heavy atom. The maximum absolute atomic E-state index is 12.4. The molecule has 0 atom stereocenters. The molecule has 0 aliphatic rings. The predicted molar refractivity (Wildman–Crippen MR) is 114 cm³/mol. The number of non-ortho nitro benzene ring substituents is 2. The lowest BCUT2D eigenvalue weighted by Gasteiger charge is -2.06. The highest BCUT2D eigenvalue weighted by Crippen LogP contribution is 2.24. The molecular weight excluding hydrogens is 402 g/mol. The number of ether oxygens (including phenoxy) is 1. The van der Waals surface area contributed by atoms with Crippen molar-refractivity contribution in [2.75, 3.05) is 0 Å². The first kappa shape index (κ1) is 21.3. The van der Waals surface area contributed by atoms with Gasteiger partial charge in [0.15, 0.2) is 0 Å². The molecule has 0 fully saturated rings. The lowest BCUT2D eigenvalue weighted by atomic mass is 10.1. The zero-order valence-corrected chi connectivity index (χ0v) is 16.6. The molecule has 156 valence electrons. The number of nitro groups is 2. The number of nitrogens with zero attached hydrogens (tertiary/aromatic N) is 3. The van der Waals surface area contributed by atoms with Gasteiger partial charge < -0.3 is 4.74 Å². The number of carbonyl (C=O) groups excluding carboxylic acids is 1. The van der Waals surface area contributed by atoms with Crippen LogP contribution in [0.25, 0.3) is 0 Å². The zero-order valence-electron chi connectivity index (χ0n) is 16.6. The normalized spacial score (nSPS) is 10.8. The number of aliphatic imine (C=N–C) groups is 1.